The summed E-state index contributed by atoms with van der Waals surface area (Å²) in [6, 6.07) is 8.88. The number of benzene rings is 1. The first-order valence-electron chi connectivity index (χ1n) is 6.07. The fraction of sp³-hybridized carbons (Fsp3) is 0.538. The zero-order valence-electron chi connectivity index (χ0n) is 9.32. The third-order valence-electron chi connectivity index (χ3n) is 3.57. The van der Waals surface area contributed by atoms with E-state index >= 15 is 0 Å². The Bertz CT molecular complexity index is 376. The number of nitrogens with one attached hydrogen (secondary N) is 1. The third-order valence-corrected chi connectivity index (χ3v) is 3.80. The smallest absolute Gasteiger partial charge is 0.0426 e. The van der Waals surface area contributed by atoms with Gasteiger partial charge in [-0.1, -0.05) is 17.7 Å². The van der Waals surface area contributed by atoms with Crippen LogP contribution >= 0.6 is 11.6 Å². The Hall–Kier alpha value is -0.730. The van der Waals surface area contributed by atoms with Crippen LogP contribution in [0.15, 0.2) is 24.3 Å². The number of piperazine rings is 1. The van der Waals surface area contributed by atoms with Crippen LogP contribution < -0.4 is 10.2 Å². The van der Waals surface area contributed by atoms with Crippen LogP contribution in [0.1, 0.15) is 12.8 Å². The van der Waals surface area contributed by atoms with Gasteiger partial charge in [0.1, 0.15) is 0 Å². The molecule has 1 N–H and O–H groups in total. The summed E-state index contributed by atoms with van der Waals surface area (Å²) in [6.45, 7) is 3.31. The van der Waals surface area contributed by atoms with Gasteiger partial charge in [0.05, 0.1) is 0 Å². The van der Waals surface area contributed by atoms with Crippen LogP contribution in [0.3, 0.4) is 0 Å². The zero-order chi connectivity index (χ0) is 11.0. The molecule has 3 heteroatoms. The molecule has 1 saturated heterocycles. The van der Waals surface area contributed by atoms with Crippen molar-refractivity contribution in [1.82, 2.24) is 5.32 Å². The van der Waals surface area contributed by atoms with E-state index in [1.54, 1.807) is 0 Å². The highest BCUT2D eigenvalue weighted by Gasteiger charge is 2.33. The summed E-state index contributed by atoms with van der Waals surface area (Å²) < 4.78 is 0. The minimum absolute atomic E-state index is 0.688. The molecule has 1 aliphatic carbocycles. The summed E-state index contributed by atoms with van der Waals surface area (Å²) in [7, 11) is 0. The molecular formula is C13H17ClN2. The minimum atomic E-state index is 0.688. The highest BCUT2D eigenvalue weighted by Crippen LogP contribution is 2.34. The van der Waals surface area contributed by atoms with Crippen molar-refractivity contribution in [1.29, 1.82) is 0 Å². The molecule has 2 fully saturated rings. The van der Waals surface area contributed by atoms with Gasteiger partial charge in [-0.05, 0) is 37.0 Å². The van der Waals surface area contributed by atoms with Crippen LogP contribution in [0.4, 0.5) is 5.69 Å². The van der Waals surface area contributed by atoms with Gasteiger partial charge in [-0.15, -0.1) is 0 Å². The second-order valence-corrected chi connectivity index (χ2v) is 5.26. The lowest BCUT2D eigenvalue weighted by molar-refractivity contribution is 0.419. The second kappa shape index (κ2) is 4.27. The van der Waals surface area contributed by atoms with E-state index in [2.05, 4.69) is 22.3 Å². The SMILES string of the molecule is Clc1cccc(N2CCNC(C3CC3)C2)c1. The lowest BCUT2D eigenvalue weighted by atomic mass is 10.1. The number of halogens is 1. The van der Waals surface area contributed by atoms with Crippen LogP contribution in [0.2, 0.25) is 5.02 Å². The zero-order valence-corrected chi connectivity index (χ0v) is 10.1. The van der Waals surface area contributed by atoms with Crippen LogP contribution in [-0.4, -0.2) is 25.7 Å². The van der Waals surface area contributed by atoms with E-state index in [1.165, 1.54) is 18.5 Å². The molecule has 1 atom stereocenters. The predicted octanol–water partition coefficient (Wildman–Crippen LogP) is 2.53. The molecular weight excluding hydrogens is 220 g/mol. The molecule has 1 heterocycles. The summed E-state index contributed by atoms with van der Waals surface area (Å²) >= 11 is 6.03. The molecule has 2 aliphatic rings. The van der Waals surface area contributed by atoms with E-state index in [-0.39, 0.29) is 0 Å². The van der Waals surface area contributed by atoms with Crippen molar-refractivity contribution < 1.29 is 0 Å². The Kier molecular flexibility index (Phi) is 2.78. The van der Waals surface area contributed by atoms with E-state index in [9.17, 15) is 0 Å². The lowest BCUT2D eigenvalue weighted by Gasteiger charge is -2.35. The summed E-state index contributed by atoms with van der Waals surface area (Å²) in [4.78, 5) is 2.45. The van der Waals surface area contributed by atoms with Gasteiger partial charge in [0.25, 0.3) is 0 Å². The Morgan fingerprint density at radius 3 is 2.94 bits per heavy atom. The fourth-order valence-corrected chi connectivity index (χ4v) is 2.68. The van der Waals surface area contributed by atoms with Crippen molar-refractivity contribution in [2.75, 3.05) is 24.5 Å². The maximum atomic E-state index is 6.03. The third kappa shape index (κ3) is 2.18. The van der Waals surface area contributed by atoms with Crippen molar-refractivity contribution in [3.05, 3.63) is 29.3 Å². The molecule has 0 amide bonds. The molecule has 1 aromatic rings. The normalized spacial score (nSPS) is 25.8. The second-order valence-electron chi connectivity index (χ2n) is 4.82. The predicted molar refractivity (Wildman–Crippen MR) is 68.2 cm³/mol. The van der Waals surface area contributed by atoms with Gasteiger partial charge in [-0.25, -0.2) is 0 Å². The van der Waals surface area contributed by atoms with Gasteiger partial charge < -0.3 is 10.2 Å². The Balaban J connectivity index is 1.73. The van der Waals surface area contributed by atoms with Gasteiger partial charge in [0.2, 0.25) is 0 Å². The average Bonchev–Trinajstić information content (AvgIpc) is 3.13. The van der Waals surface area contributed by atoms with Gasteiger partial charge in [-0.3, -0.25) is 0 Å². The number of hydrogen-bond donors (Lipinski definition) is 1. The molecule has 0 bridgehead atoms. The maximum absolute atomic E-state index is 6.03. The van der Waals surface area contributed by atoms with Crippen molar-refractivity contribution >= 4 is 17.3 Å². The van der Waals surface area contributed by atoms with E-state index in [0.29, 0.717) is 6.04 Å². The number of hydrogen-bond acceptors (Lipinski definition) is 2. The Morgan fingerprint density at radius 2 is 2.19 bits per heavy atom. The van der Waals surface area contributed by atoms with Crippen molar-refractivity contribution in [2.24, 2.45) is 5.92 Å². The molecule has 2 nitrogen and oxygen atoms in total. The quantitative estimate of drug-likeness (QED) is 0.849. The molecule has 0 spiro atoms. The molecule has 3 rings (SSSR count). The highest BCUT2D eigenvalue weighted by molar-refractivity contribution is 6.30. The van der Waals surface area contributed by atoms with Gasteiger partial charge in [0, 0.05) is 36.4 Å². The van der Waals surface area contributed by atoms with E-state index in [0.717, 1.165) is 30.6 Å². The van der Waals surface area contributed by atoms with E-state index in [1.807, 2.05) is 12.1 Å². The maximum Gasteiger partial charge on any atom is 0.0426 e. The number of nitrogens with zero attached hydrogens (tertiary/aromatic N) is 1. The van der Waals surface area contributed by atoms with Crippen LogP contribution in [0.25, 0.3) is 0 Å². The van der Waals surface area contributed by atoms with Gasteiger partial charge >= 0.3 is 0 Å². The Labute approximate surface area is 102 Å². The first kappa shape index (κ1) is 10.4. The van der Waals surface area contributed by atoms with Crippen molar-refractivity contribution in [3.63, 3.8) is 0 Å². The topological polar surface area (TPSA) is 15.3 Å². The summed E-state index contributed by atoms with van der Waals surface area (Å²) in [5.74, 6) is 0.919. The molecule has 1 aliphatic heterocycles. The molecule has 1 aromatic carbocycles. The van der Waals surface area contributed by atoms with E-state index < -0.39 is 0 Å². The standard InChI is InChI=1S/C13H17ClN2/c14-11-2-1-3-12(8-11)16-7-6-15-13(9-16)10-4-5-10/h1-3,8,10,13,15H,4-7,9H2. The largest absolute Gasteiger partial charge is 0.369 e. The molecule has 0 radical (unpaired) electrons. The first-order chi connectivity index (χ1) is 7.83. The van der Waals surface area contributed by atoms with Gasteiger partial charge in [0.15, 0.2) is 0 Å². The molecule has 1 saturated carbocycles. The Morgan fingerprint density at radius 1 is 1.31 bits per heavy atom. The van der Waals surface area contributed by atoms with Crippen LogP contribution in [-0.2, 0) is 0 Å². The van der Waals surface area contributed by atoms with Crippen molar-refractivity contribution in [3.8, 4) is 0 Å². The summed E-state index contributed by atoms with van der Waals surface area (Å²) in [5, 5.41) is 4.45. The van der Waals surface area contributed by atoms with Crippen molar-refractivity contribution in [2.45, 2.75) is 18.9 Å². The molecule has 16 heavy (non-hydrogen) atoms. The van der Waals surface area contributed by atoms with Crippen LogP contribution in [0, 0.1) is 5.92 Å². The minimum Gasteiger partial charge on any atom is -0.369 e. The molecule has 0 aromatic heterocycles. The fourth-order valence-electron chi connectivity index (χ4n) is 2.50. The van der Waals surface area contributed by atoms with Crippen LogP contribution in [0.5, 0.6) is 0 Å². The average molecular weight is 237 g/mol. The summed E-state index contributed by atoms with van der Waals surface area (Å²) in [6.07, 6.45) is 2.81. The summed E-state index contributed by atoms with van der Waals surface area (Å²) in [5.41, 5.74) is 1.26. The molecule has 86 valence electrons. The lowest BCUT2D eigenvalue weighted by Crippen LogP contribution is -2.51. The number of anilines is 1. The monoisotopic (exact) mass is 236 g/mol. The highest BCUT2D eigenvalue weighted by atomic mass is 35.5. The number of rotatable bonds is 2. The first-order valence-corrected chi connectivity index (χ1v) is 6.44. The van der Waals surface area contributed by atoms with Gasteiger partial charge in [-0.2, -0.15) is 0 Å². The van der Waals surface area contributed by atoms with E-state index in [4.69, 9.17) is 11.6 Å². The molecule has 1 unspecified atom stereocenters.